The van der Waals surface area contributed by atoms with Crippen molar-refractivity contribution in [2.75, 3.05) is 0 Å². The Kier molecular flexibility index (Phi) is 6.16. The van der Waals surface area contributed by atoms with Crippen LogP contribution in [0.5, 0.6) is 0 Å². The molecule has 0 radical (unpaired) electrons. The van der Waals surface area contributed by atoms with Crippen LogP contribution in [-0.2, 0) is 12.0 Å². The van der Waals surface area contributed by atoms with Crippen LogP contribution in [0, 0.1) is 0 Å². The normalized spacial score (nSPS) is 15.8. The topological polar surface area (TPSA) is 58.3 Å². The van der Waals surface area contributed by atoms with E-state index in [0.29, 0.717) is 6.54 Å². The molecule has 3 atom stereocenters. The van der Waals surface area contributed by atoms with Gasteiger partial charge in [0.2, 0.25) is 0 Å². The van der Waals surface area contributed by atoms with Crippen molar-refractivity contribution in [3.63, 3.8) is 0 Å². The van der Waals surface area contributed by atoms with E-state index in [1.807, 2.05) is 30.3 Å². The van der Waals surface area contributed by atoms with Crippen LogP contribution in [0.1, 0.15) is 50.4 Å². The number of nitrogens with two attached hydrogens (primary N) is 1. The van der Waals surface area contributed by atoms with Crippen molar-refractivity contribution in [3.05, 3.63) is 71.3 Å². The third-order valence-corrected chi connectivity index (χ3v) is 4.42. The van der Waals surface area contributed by atoms with Gasteiger partial charge in [0.05, 0.1) is 12.1 Å². The lowest BCUT2D eigenvalue weighted by Crippen LogP contribution is -2.44. The number of aliphatic hydroxyl groups excluding tert-OH is 1. The molecular formula is C21H30N2O. The highest BCUT2D eigenvalue weighted by atomic mass is 16.3. The van der Waals surface area contributed by atoms with Crippen molar-refractivity contribution < 1.29 is 5.11 Å². The van der Waals surface area contributed by atoms with Gasteiger partial charge in [0.25, 0.3) is 0 Å². The van der Waals surface area contributed by atoms with Gasteiger partial charge >= 0.3 is 0 Å². The molecule has 130 valence electrons. The second kappa shape index (κ2) is 7.93. The SMILES string of the molecule is C[C@@H](O)[C@@H](N)C(NCc1cccc(C(C)(C)C)c1)c1ccccc1. The molecule has 0 spiro atoms. The molecule has 0 heterocycles. The molecule has 1 unspecified atom stereocenters. The summed E-state index contributed by atoms with van der Waals surface area (Å²) in [7, 11) is 0. The third kappa shape index (κ3) is 4.91. The lowest BCUT2D eigenvalue weighted by atomic mass is 9.86. The number of aliphatic hydroxyl groups is 1. The first-order valence-electron chi connectivity index (χ1n) is 8.60. The highest BCUT2D eigenvalue weighted by Gasteiger charge is 2.23. The lowest BCUT2D eigenvalue weighted by molar-refractivity contribution is 0.142. The van der Waals surface area contributed by atoms with Crippen LogP contribution in [0.4, 0.5) is 0 Å². The summed E-state index contributed by atoms with van der Waals surface area (Å²) >= 11 is 0. The van der Waals surface area contributed by atoms with Gasteiger partial charge in [0, 0.05) is 12.6 Å². The molecule has 4 N–H and O–H groups in total. The highest BCUT2D eigenvalue weighted by molar-refractivity contribution is 5.29. The number of hydrogen-bond donors (Lipinski definition) is 3. The Morgan fingerprint density at radius 1 is 1.04 bits per heavy atom. The maximum atomic E-state index is 9.94. The second-order valence-electron chi connectivity index (χ2n) is 7.54. The van der Waals surface area contributed by atoms with Crippen molar-refractivity contribution >= 4 is 0 Å². The number of rotatable bonds is 6. The summed E-state index contributed by atoms with van der Waals surface area (Å²) in [5.74, 6) is 0. The Morgan fingerprint density at radius 3 is 2.29 bits per heavy atom. The molecule has 2 rings (SSSR count). The van der Waals surface area contributed by atoms with E-state index in [-0.39, 0.29) is 17.5 Å². The number of benzene rings is 2. The lowest BCUT2D eigenvalue weighted by Gasteiger charge is -2.28. The van der Waals surface area contributed by atoms with E-state index in [1.54, 1.807) is 6.92 Å². The van der Waals surface area contributed by atoms with E-state index in [9.17, 15) is 5.11 Å². The molecule has 2 aromatic rings. The maximum absolute atomic E-state index is 9.94. The van der Waals surface area contributed by atoms with Gasteiger partial charge in [-0.25, -0.2) is 0 Å². The van der Waals surface area contributed by atoms with Crippen molar-refractivity contribution in [1.82, 2.24) is 5.32 Å². The molecule has 0 aliphatic carbocycles. The summed E-state index contributed by atoms with van der Waals surface area (Å²) in [6, 6.07) is 18.3. The molecule has 2 aromatic carbocycles. The maximum Gasteiger partial charge on any atom is 0.0681 e. The van der Waals surface area contributed by atoms with Crippen molar-refractivity contribution in [2.24, 2.45) is 5.73 Å². The van der Waals surface area contributed by atoms with E-state index >= 15 is 0 Å². The fraction of sp³-hybridized carbons (Fsp3) is 0.429. The zero-order valence-electron chi connectivity index (χ0n) is 15.2. The first-order chi connectivity index (χ1) is 11.3. The molecule has 24 heavy (non-hydrogen) atoms. The van der Waals surface area contributed by atoms with Crippen LogP contribution in [0.3, 0.4) is 0 Å². The van der Waals surface area contributed by atoms with Crippen molar-refractivity contribution in [2.45, 2.75) is 57.8 Å². The molecule has 0 aromatic heterocycles. The standard InChI is InChI=1S/C21H30N2O/c1-15(24)19(22)20(17-10-6-5-7-11-17)23-14-16-9-8-12-18(13-16)21(2,3)4/h5-13,15,19-20,23-24H,14,22H2,1-4H3/t15-,19-,20?/m1/s1. The Hall–Kier alpha value is -1.68. The zero-order valence-corrected chi connectivity index (χ0v) is 15.2. The molecule has 3 heteroatoms. The Labute approximate surface area is 145 Å². The summed E-state index contributed by atoms with van der Waals surface area (Å²) in [5, 5.41) is 13.5. The van der Waals surface area contributed by atoms with Gasteiger partial charge in [-0.05, 0) is 29.0 Å². The predicted octanol–water partition coefficient (Wildman–Crippen LogP) is 3.52. The summed E-state index contributed by atoms with van der Waals surface area (Å²) in [5.41, 5.74) is 10.0. The van der Waals surface area contributed by atoms with Gasteiger partial charge in [0.1, 0.15) is 0 Å². The molecule has 0 amide bonds. The largest absolute Gasteiger partial charge is 0.392 e. The Morgan fingerprint density at radius 2 is 1.71 bits per heavy atom. The van der Waals surface area contributed by atoms with Gasteiger partial charge in [0.15, 0.2) is 0 Å². The van der Waals surface area contributed by atoms with Gasteiger partial charge < -0.3 is 16.2 Å². The van der Waals surface area contributed by atoms with Crippen LogP contribution in [0.25, 0.3) is 0 Å². The number of hydrogen-bond acceptors (Lipinski definition) is 3. The molecule has 0 saturated heterocycles. The van der Waals surface area contributed by atoms with Crippen LogP contribution < -0.4 is 11.1 Å². The van der Waals surface area contributed by atoms with Crippen LogP contribution in [-0.4, -0.2) is 17.3 Å². The summed E-state index contributed by atoms with van der Waals surface area (Å²) in [6.07, 6.45) is -0.580. The van der Waals surface area contributed by atoms with Gasteiger partial charge in [-0.3, -0.25) is 0 Å². The van der Waals surface area contributed by atoms with Crippen molar-refractivity contribution in [3.8, 4) is 0 Å². The molecular weight excluding hydrogens is 296 g/mol. The van der Waals surface area contributed by atoms with E-state index in [0.717, 1.165) is 5.56 Å². The van der Waals surface area contributed by atoms with Crippen LogP contribution in [0.2, 0.25) is 0 Å². The smallest absolute Gasteiger partial charge is 0.0681 e. The van der Waals surface area contributed by atoms with E-state index < -0.39 is 6.10 Å². The van der Waals surface area contributed by atoms with E-state index in [2.05, 4.69) is 50.4 Å². The monoisotopic (exact) mass is 326 g/mol. The average Bonchev–Trinajstić information content (AvgIpc) is 2.55. The fourth-order valence-electron chi connectivity index (χ4n) is 2.79. The molecule has 3 nitrogen and oxygen atoms in total. The van der Waals surface area contributed by atoms with E-state index in [1.165, 1.54) is 11.1 Å². The fourth-order valence-corrected chi connectivity index (χ4v) is 2.79. The quantitative estimate of drug-likeness (QED) is 0.761. The second-order valence-corrected chi connectivity index (χ2v) is 7.54. The zero-order chi connectivity index (χ0) is 17.7. The summed E-state index contributed by atoms with van der Waals surface area (Å²) in [4.78, 5) is 0. The number of nitrogens with one attached hydrogen (secondary N) is 1. The molecule has 0 aliphatic rings. The third-order valence-electron chi connectivity index (χ3n) is 4.42. The van der Waals surface area contributed by atoms with Gasteiger partial charge in [-0.1, -0.05) is 75.4 Å². The van der Waals surface area contributed by atoms with Gasteiger partial charge in [-0.2, -0.15) is 0 Å². The Bertz CT molecular complexity index is 632. The predicted molar refractivity (Wildman–Crippen MR) is 101 cm³/mol. The van der Waals surface area contributed by atoms with Crippen LogP contribution in [0.15, 0.2) is 54.6 Å². The molecule has 0 saturated carbocycles. The highest BCUT2D eigenvalue weighted by Crippen LogP contribution is 2.24. The molecule has 0 aliphatic heterocycles. The summed E-state index contributed by atoms with van der Waals surface area (Å²) < 4.78 is 0. The first kappa shape index (κ1) is 18.7. The van der Waals surface area contributed by atoms with E-state index in [4.69, 9.17) is 5.73 Å². The van der Waals surface area contributed by atoms with Crippen molar-refractivity contribution in [1.29, 1.82) is 0 Å². The minimum absolute atomic E-state index is 0.0931. The molecule has 0 bridgehead atoms. The minimum atomic E-state index is -0.580. The Balaban J connectivity index is 2.16. The van der Waals surface area contributed by atoms with Gasteiger partial charge in [-0.15, -0.1) is 0 Å². The van der Waals surface area contributed by atoms with Crippen LogP contribution >= 0.6 is 0 Å². The average molecular weight is 326 g/mol. The minimum Gasteiger partial charge on any atom is -0.392 e. The molecule has 0 fully saturated rings. The summed E-state index contributed by atoms with van der Waals surface area (Å²) in [6.45, 7) is 9.10. The first-order valence-corrected chi connectivity index (χ1v) is 8.60.